The number of H-pyrrole nitrogens is 1. The third-order valence-corrected chi connectivity index (χ3v) is 4.34. The van der Waals surface area contributed by atoms with Gasteiger partial charge in [0.25, 0.3) is 5.91 Å². The van der Waals surface area contributed by atoms with E-state index < -0.39 is 18.0 Å². The van der Waals surface area contributed by atoms with E-state index in [-0.39, 0.29) is 35.3 Å². The van der Waals surface area contributed by atoms with Gasteiger partial charge in [-0.1, -0.05) is 6.07 Å². The maximum Gasteiger partial charge on any atom is 0.586 e. The van der Waals surface area contributed by atoms with Gasteiger partial charge in [-0.2, -0.15) is 5.10 Å². The van der Waals surface area contributed by atoms with Crippen LogP contribution in [-0.2, 0) is 6.54 Å². The molecule has 0 unspecified atom stereocenters. The highest BCUT2D eigenvalue weighted by atomic mass is 19.3. The summed E-state index contributed by atoms with van der Waals surface area (Å²) in [5.74, 6) is -0.876. The summed E-state index contributed by atoms with van der Waals surface area (Å²) < 4.78 is 54.5. The van der Waals surface area contributed by atoms with Crippen LogP contribution in [0.3, 0.4) is 0 Å². The van der Waals surface area contributed by atoms with Gasteiger partial charge in [-0.25, -0.2) is 9.37 Å². The molecule has 1 aliphatic heterocycles. The van der Waals surface area contributed by atoms with Gasteiger partial charge in [0.05, 0.1) is 24.8 Å². The fourth-order valence-electron chi connectivity index (χ4n) is 2.90. The van der Waals surface area contributed by atoms with Gasteiger partial charge in [0.1, 0.15) is 17.4 Å². The molecule has 0 fully saturated rings. The van der Waals surface area contributed by atoms with Crippen molar-refractivity contribution in [3.63, 3.8) is 0 Å². The highest BCUT2D eigenvalue weighted by Crippen LogP contribution is 2.43. The van der Waals surface area contributed by atoms with Gasteiger partial charge >= 0.3 is 6.29 Å². The first-order chi connectivity index (χ1) is 14.3. The first-order valence-corrected chi connectivity index (χ1v) is 8.70. The van der Waals surface area contributed by atoms with E-state index in [1.54, 1.807) is 6.92 Å². The van der Waals surface area contributed by atoms with Crippen molar-refractivity contribution in [3.05, 3.63) is 53.1 Å². The highest BCUT2D eigenvalue weighted by Gasteiger charge is 2.45. The van der Waals surface area contributed by atoms with E-state index >= 15 is 0 Å². The molecule has 0 saturated heterocycles. The number of hydrogen-bond donors (Lipinski definition) is 2. The number of amides is 1. The zero-order valence-electron chi connectivity index (χ0n) is 15.8. The lowest BCUT2D eigenvalue weighted by molar-refractivity contribution is -0.286. The predicted octanol–water partition coefficient (Wildman–Crippen LogP) is 3.18. The molecule has 30 heavy (non-hydrogen) atoms. The summed E-state index contributed by atoms with van der Waals surface area (Å²) in [6.07, 6.45) is -3.83. The summed E-state index contributed by atoms with van der Waals surface area (Å²) in [4.78, 5) is 16.6. The number of aryl methyl sites for hydroxylation is 1. The molecule has 2 heterocycles. The van der Waals surface area contributed by atoms with E-state index in [1.807, 2.05) is 0 Å². The number of carbonyl (C=O) groups is 1. The molecular weight excluding hydrogens is 405 g/mol. The number of ether oxygens (including phenoxy) is 3. The SMILES string of the molecule is COc1cc(C)c(F)cc1-c1n[nH]c(CNC(=O)c2cccc3c2OC(F)(F)O3)n1. The molecule has 1 amide bonds. The summed E-state index contributed by atoms with van der Waals surface area (Å²) in [7, 11) is 1.44. The Kier molecular flexibility index (Phi) is 4.72. The largest absolute Gasteiger partial charge is 0.586 e. The van der Waals surface area contributed by atoms with Crippen molar-refractivity contribution in [2.45, 2.75) is 19.8 Å². The van der Waals surface area contributed by atoms with Crippen LogP contribution in [0.2, 0.25) is 0 Å². The van der Waals surface area contributed by atoms with Gasteiger partial charge in [-0.15, -0.1) is 8.78 Å². The standard InChI is InChI=1S/C19H15F3N4O4/c1-9-6-14(28-2)11(7-12(9)20)17-24-15(25-26-17)8-23-18(27)10-4-3-5-13-16(10)30-19(21,22)29-13/h3-7H,8H2,1-2H3,(H,23,27)(H,24,25,26). The number of alkyl halides is 2. The molecule has 11 heteroatoms. The van der Waals surface area contributed by atoms with Crippen LogP contribution in [0.25, 0.3) is 11.4 Å². The van der Waals surface area contributed by atoms with E-state index in [9.17, 15) is 18.0 Å². The van der Waals surface area contributed by atoms with E-state index in [4.69, 9.17) is 4.74 Å². The number of carbonyl (C=O) groups excluding carboxylic acids is 1. The van der Waals surface area contributed by atoms with Crippen LogP contribution in [0, 0.1) is 12.7 Å². The quantitative estimate of drug-likeness (QED) is 0.658. The Morgan fingerprint density at radius 3 is 2.87 bits per heavy atom. The number of aromatic amines is 1. The molecule has 8 nitrogen and oxygen atoms in total. The maximum atomic E-state index is 13.9. The van der Waals surface area contributed by atoms with Crippen LogP contribution in [0.1, 0.15) is 21.7 Å². The van der Waals surface area contributed by atoms with Crippen molar-refractivity contribution in [3.8, 4) is 28.6 Å². The average Bonchev–Trinajstić information content (AvgIpc) is 3.30. The highest BCUT2D eigenvalue weighted by molar-refractivity contribution is 5.97. The summed E-state index contributed by atoms with van der Waals surface area (Å²) in [6.45, 7) is 1.51. The second kappa shape index (κ2) is 7.25. The number of nitrogens with one attached hydrogen (secondary N) is 2. The number of para-hydroxylation sites is 1. The van der Waals surface area contributed by atoms with Gasteiger partial charge in [-0.05, 0) is 36.8 Å². The molecule has 3 aromatic rings. The van der Waals surface area contributed by atoms with Crippen LogP contribution in [0.4, 0.5) is 13.2 Å². The molecule has 0 aliphatic carbocycles. The predicted molar refractivity (Wildman–Crippen MR) is 96.9 cm³/mol. The van der Waals surface area contributed by atoms with Crippen molar-refractivity contribution in [2.75, 3.05) is 7.11 Å². The Hall–Kier alpha value is -3.76. The Morgan fingerprint density at radius 1 is 1.30 bits per heavy atom. The van der Waals surface area contributed by atoms with Crippen LogP contribution in [-0.4, -0.2) is 34.5 Å². The molecule has 1 aromatic heterocycles. The fraction of sp³-hybridized carbons (Fsp3) is 0.211. The van der Waals surface area contributed by atoms with Crippen molar-refractivity contribution in [1.82, 2.24) is 20.5 Å². The number of nitrogens with zero attached hydrogens (tertiary/aromatic N) is 2. The summed E-state index contributed by atoms with van der Waals surface area (Å²) >= 11 is 0. The number of methoxy groups -OCH3 is 1. The number of halogens is 3. The zero-order chi connectivity index (χ0) is 21.5. The fourth-order valence-corrected chi connectivity index (χ4v) is 2.90. The Bertz CT molecular complexity index is 1130. The minimum atomic E-state index is -3.83. The van der Waals surface area contributed by atoms with E-state index in [1.165, 1.54) is 37.4 Å². The van der Waals surface area contributed by atoms with Crippen LogP contribution in [0.5, 0.6) is 17.2 Å². The molecule has 1 aliphatic rings. The molecule has 0 spiro atoms. The molecule has 0 bridgehead atoms. The maximum absolute atomic E-state index is 13.9. The van der Waals surface area contributed by atoms with Crippen LogP contribution >= 0.6 is 0 Å². The number of fused-ring (bicyclic) bond motifs is 1. The topological polar surface area (TPSA) is 98.4 Å². The molecular formula is C19H15F3N4O4. The molecule has 4 rings (SSSR count). The third-order valence-electron chi connectivity index (χ3n) is 4.34. The van der Waals surface area contributed by atoms with Gasteiger partial charge in [-0.3, -0.25) is 9.89 Å². The number of rotatable bonds is 5. The molecule has 0 saturated carbocycles. The van der Waals surface area contributed by atoms with Crippen LogP contribution < -0.4 is 19.5 Å². The number of hydrogen-bond acceptors (Lipinski definition) is 6. The lowest BCUT2D eigenvalue weighted by Gasteiger charge is -2.08. The Balaban J connectivity index is 1.50. The Labute approximate surface area is 168 Å². The second-order valence-corrected chi connectivity index (χ2v) is 6.39. The van der Waals surface area contributed by atoms with Gasteiger partial charge < -0.3 is 19.5 Å². The summed E-state index contributed by atoms with van der Waals surface area (Å²) in [5.41, 5.74) is 0.626. The zero-order valence-corrected chi connectivity index (χ0v) is 15.8. The lowest BCUT2D eigenvalue weighted by Crippen LogP contribution is -2.27. The first kappa shape index (κ1) is 19.6. The van der Waals surface area contributed by atoms with Gasteiger partial charge in [0.15, 0.2) is 17.3 Å². The molecule has 2 aromatic carbocycles. The van der Waals surface area contributed by atoms with Crippen molar-refractivity contribution >= 4 is 5.91 Å². The van der Waals surface area contributed by atoms with E-state index in [0.717, 1.165) is 0 Å². The minimum Gasteiger partial charge on any atom is -0.496 e. The monoisotopic (exact) mass is 420 g/mol. The lowest BCUT2D eigenvalue weighted by atomic mass is 10.1. The first-order valence-electron chi connectivity index (χ1n) is 8.70. The van der Waals surface area contributed by atoms with Gasteiger partial charge in [0, 0.05) is 0 Å². The molecule has 0 atom stereocenters. The second-order valence-electron chi connectivity index (χ2n) is 6.39. The average molecular weight is 420 g/mol. The molecule has 156 valence electrons. The van der Waals surface area contributed by atoms with E-state index in [0.29, 0.717) is 16.9 Å². The van der Waals surface area contributed by atoms with Crippen molar-refractivity contribution in [2.24, 2.45) is 0 Å². The molecule has 2 N–H and O–H groups in total. The summed E-state index contributed by atoms with van der Waals surface area (Å²) in [5, 5.41) is 9.18. The third kappa shape index (κ3) is 3.61. The van der Waals surface area contributed by atoms with Crippen LogP contribution in [0.15, 0.2) is 30.3 Å². The van der Waals surface area contributed by atoms with Gasteiger partial charge in [0.2, 0.25) is 0 Å². The van der Waals surface area contributed by atoms with Crippen molar-refractivity contribution in [1.29, 1.82) is 0 Å². The van der Waals surface area contributed by atoms with E-state index in [2.05, 4.69) is 30.0 Å². The van der Waals surface area contributed by atoms with Crippen molar-refractivity contribution < 1.29 is 32.2 Å². The summed E-state index contributed by atoms with van der Waals surface area (Å²) in [6, 6.07) is 6.76. The number of benzene rings is 2. The smallest absolute Gasteiger partial charge is 0.496 e. The number of aromatic nitrogens is 3. The Morgan fingerprint density at radius 2 is 2.10 bits per heavy atom. The minimum absolute atomic E-state index is 0.0938. The normalized spacial score (nSPS) is 13.9. The molecule has 0 radical (unpaired) electrons.